The number of hydrogen-bond acceptors (Lipinski definition) is 3. The molecule has 0 atom stereocenters. The maximum atomic E-state index is 11.8. The number of carbonyl (C=O) groups is 1. The van der Waals surface area contributed by atoms with Gasteiger partial charge in [-0.15, -0.1) is 0 Å². The number of esters is 1. The van der Waals surface area contributed by atoms with Crippen molar-refractivity contribution in [2.45, 2.75) is 25.4 Å². The third-order valence-electron chi connectivity index (χ3n) is 3.19. The summed E-state index contributed by atoms with van der Waals surface area (Å²) in [5, 5.41) is 0.936. The Morgan fingerprint density at radius 3 is 2.88 bits per heavy atom. The molecule has 1 aromatic heterocycles. The van der Waals surface area contributed by atoms with Crippen LogP contribution in [0.4, 0.5) is 5.69 Å². The van der Waals surface area contributed by atoms with E-state index in [9.17, 15) is 4.79 Å². The Labute approximate surface area is 98.8 Å². The van der Waals surface area contributed by atoms with Crippen molar-refractivity contribution < 1.29 is 9.53 Å². The number of carbonyl (C=O) groups excluding carboxylic acids is 1. The molecule has 1 aromatic carbocycles. The van der Waals surface area contributed by atoms with Gasteiger partial charge in [0.2, 0.25) is 0 Å². The van der Waals surface area contributed by atoms with Gasteiger partial charge in [-0.1, -0.05) is 0 Å². The lowest BCUT2D eigenvalue weighted by atomic mass is 9.96. The summed E-state index contributed by atoms with van der Waals surface area (Å²) in [5.74, 6) is -0.274. The third-order valence-corrected chi connectivity index (χ3v) is 3.19. The predicted octanol–water partition coefficient (Wildman–Crippen LogP) is 2.46. The van der Waals surface area contributed by atoms with Gasteiger partial charge in [0.15, 0.2) is 0 Å². The first kappa shape index (κ1) is 10.2. The first-order valence-corrected chi connectivity index (χ1v) is 5.81. The van der Waals surface area contributed by atoms with Gasteiger partial charge in [-0.2, -0.15) is 0 Å². The maximum Gasteiger partial charge on any atom is 0.355 e. The van der Waals surface area contributed by atoms with Gasteiger partial charge in [0.1, 0.15) is 11.8 Å². The molecule has 2 aromatic rings. The van der Waals surface area contributed by atoms with Crippen molar-refractivity contribution in [3.8, 4) is 0 Å². The number of hydrogen-bond donors (Lipinski definition) is 2. The van der Waals surface area contributed by atoms with E-state index in [-0.39, 0.29) is 12.1 Å². The molecule has 0 saturated heterocycles. The normalized spacial score (nSPS) is 15.8. The number of aromatic amines is 1. The zero-order valence-electron chi connectivity index (χ0n) is 9.40. The van der Waals surface area contributed by atoms with Crippen molar-refractivity contribution in [1.29, 1.82) is 0 Å². The predicted molar refractivity (Wildman–Crippen MR) is 65.8 cm³/mol. The van der Waals surface area contributed by atoms with E-state index in [0.717, 1.165) is 30.2 Å². The second-order valence-corrected chi connectivity index (χ2v) is 4.49. The van der Waals surface area contributed by atoms with E-state index in [0.29, 0.717) is 11.4 Å². The lowest BCUT2D eigenvalue weighted by molar-refractivity contribution is 0.00847. The first-order chi connectivity index (χ1) is 8.22. The fraction of sp³-hybridized carbons (Fsp3) is 0.308. The highest BCUT2D eigenvalue weighted by Crippen LogP contribution is 2.24. The molecule has 0 radical (unpaired) electrons. The molecule has 0 unspecified atom stereocenters. The maximum absolute atomic E-state index is 11.8. The summed E-state index contributed by atoms with van der Waals surface area (Å²) in [5.41, 5.74) is 7.78. The minimum Gasteiger partial charge on any atom is -0.458 e. The van der Waals surface area contributed by atoms with Crippen LogP contribution in [-0.4, -0.2) is 17.1 Å². The van der Waals surface area contributed by atoms with Gasteiger partial charge in [0.05, 0.1) is 0 Å². The molecule has 88 valence electrons. The molecule has 0 spiro atoms. The summed E-state index contributed by atoms with van der Waals surface area (Å²) in [6, 6.07) is 7.29. The molecule has 17 heavy (non-hydrogen) atoms. The summed E-state index contributed by atoms with van der Waals surface area (Å²) < 4.78 is 5.33. The summed E-state index contributed by atoms with van der Waals surface area (Å²) in [6.45, 7) is 0. The van der Waals surface area contributed by atoms with Crippen LogP contribution in [0.25, 0.3) is 10.9 Å². The van der Waals surface area contributed by atoms with E-state index in [1.807, 2.05) is 12.1 Å². The zero-order chi connectivity index (χ0) is 11.8. The van der Waals surface area contributed by atoms with Gasteiger partial charge in [0.25, 0.3) is 0 Å². The largest absolute Gasteiger partial charge is 0.458 e. The molecule has 4 heteroatoms. The van der Waals surface area contributed by atoms with Crippen molar-refractivity contribution in [2.24, 2.45) is 0 Å². The molecule has 1 saturated carbocycles. The van der Waals surface area contributed by atoms with Crippen LogP contribution < -0.4 is 5.73 Å². The summed E-state index contributed by atoms with van der Waals surface area (Å²) in [7, 11) is 0. The van der Waals surface area contributed by atoms with Crippen molar-refractivity contribution in [2.75, 3.05) is 5.73 Å². The fourth-order valence-corrected chi connectivity index (χ4v) is 1.96. The van der Waals surface area contributed by atoms with Crippen LogP contribution in [-0.2, 0) is 4.74 Å². The standard InChI is InChI=1S/C13H14N2O2/c14-9-4-5-11-8(6-9)7-12(15-11)13(16)17-10-2-1-3-10/h4-7,10,15H,1-3,14H2. The minimum absolute atomic E-state index is 0.110. The van der Waals surface area contributed by atoms with E-state index in [1.54, 1.807) is 12.1 Å². The van der Waals surface area contributed by atoms with E-state index in [4.69, 9.17) is 10.5 Å². The van der Waals surface area contributed by atoms with Gasteiger partial charge in [-0.3, -0.25) is 0 Å². The molecule has 3 N–H and O–H groups in total. The number of H-pyrrole nitrogens is 1. The average molecular weight is 230 g/mol. The third kappa shape index (κ3) is 1.86. The number of ether oxygens (including phenoxy) is 1. The minimum atomic E-state index is -0.274. The SMILES string of the molecule is Nc1ccc2[nH]c(C(=O)OC3CCC3)cc2c1. The number of aromatic nitrogens is 1. The van der Waals surface area contributed by atoms with E-state index >= 15 is 0 Å². The molecule has 0 bridgehead atoms. The van der Waals surface area contributed by atoms with E-state index in [1.165, 1.54) is 0 Å². The van der Waals surface area contributed by atoms with Crippen molar-refractivity contribution in [3.05, 3.63) is 30.0 Å². The van der Waals surface area contributed by atoms with Crippen molar-refractivity contribution >= 4 is 22.6 Å². The van der Waals surface area contributed by atoms with Crippen molar-refractivity contribution in [1.82, 2.24) is 4.98 Å². The smallest absolute Gasteiger partial charge is 0.355 e. The lowest BCUT2D eigenvalue weighted by Crippen LogP contribution is -2.25. The second-order valence-electron chi connectivity index (χ2n) is 4.49. The molecule has 0 amide bonds. The summed E-state index contributed by atoms with van der Waals surface area (Å²) >= 11 is 0. The monoisotopic (exact) mass is 230 g/mol. The van der Waals surface area contributed by atoms with E-state index < -0.39 is 0 Å². The Morgan fingerprint density at radius 2 is 2.18 bits per heavy atom. The number of anilines is 1. The van der Waals surface area contributed by atoms with Crippen LogP contribution in [0.1, 0.15) is 29.8 Å². The molecule has 1 fully saturated rings. The van der Waals surface area contributed by atoms with Crippen LogP contribution in [0.3, 0.4) is 0 Å². The van der Waals surface area contributed by atoms with Gasteiger partial charge in [-0.05, 0) is 43.5 Å². The lowest BCUT2D eigenvalue weighted by Gasteiger charge is -2.24. The quantitative estimate of drug-likeness (QED) is 0.615. The van der Waals surface area contributed by atoms with Crippen LogP contribution in [0.2, 0.25) is 0 Å². The highest BCUT2D eigenvalue weighted by molar-refractivity contribution is 5.95. The number of nitrogens with one attached hydrogen (secondary N) is 1. The van der Waals surface area contributed by atoms with Crippen LogP contribution >= 0.6 is 0 Å². The molecule has 1 aliphatic rings. The molecule has 4 nitrogen and oxygen atoms in total. The van der Waals surface area contributed by atoms with Crippen LogP contribution in [0.5, 0.6) is 0 Å². The van der Waals surface area contributed by atoms with Crippen LogP contribution in [0, 0.1) is 0 Å². The Kier molecular flexibility index (Phi) is 2.28. The Balaban J connectivity index is 1.86. The number of nitrogen functional groups attached to an aromatic ring is 1. The number of nitrogens with two attached hydrogens (primary N) is 1. The fourth-order valence-electron chi connectivity index (χ4n) is 1.96. The van der Waals surface area contributed by atoms with Crippen molar-refractivity contribution in [3.63, 3.8) is 0 Å². The Morgan fingerprint density at radius 1 is 1.35 bits per heavy atom. The van der Waals surface area contributed by atoms with Gasteiger partial charge >= 0.3 is 5.97 Å². The second kappa shape index (κ2) is 3.80. The molecule has 3 rings (SSSR count). The average Bonchev–Trinajstić information content (AvgIpc) is 2.65. The Hall–Kier alpha value is -1.97. The number of rotatable bonds is 2. The molecular formula is C13H14N2O2. The topological polar surface area (TPSA) is 68.1 Å². The number of fused-ring (bicyclic) bond motifs is 1. The van der Waals surface area contributed by atoms with E-state index in [2.05, 4.69) is 4.98 Å². The molecule has 1 heterocycles. The summed E-state index contributed by atoms with van der Waals surface area (Å²) in [4.78, 5) is 14.9. The number of benzene rings is 1. The van der Waals surface area contributed by atoms with Crippen LogP contribution in [0.15, 0.2) is 24.3 Å². The van der Waals surface area contributed by atoms with Gasteiger partial charge in [-0.25, -0.2) is 4.79 Å². The molecule has 1 aliphatic carbocycles. The van der Waals surface area contributed by atoms with Gasteiger partial charge < -0.3 is 15.5 Å². The van der Waals surface area contributed by atoms with Gasteiger partial charge in [0, 0.05) is 16.6 Å². The molecular weight excluding hydrogens is 216 g/mol. The zero-order valence-corrected chi connectivity index (χ0v) is 9.40. The molecule has 0 aliphatic heterocycles. The highest BCUT2D eigenvalue weighted by Gasteiger charge is 2.23. The Bertz CT molecular complexity index is 570. The highest BCUT2D eigenvalue weighted by atomic mass is 16.5. The summed E-state index contributed by atoms with van der Waals surface area (Å²) in [6.07, 6.45) is 3.23. The first-order valence-electron chi connectivity index (χ1n) is 5.81.